The molecule has 0 aliphatic rings. The lowest BCUT2D eigenvalue weighted by molar-refractivity contribution is -0.140. The third kappa shape index (κ3) is 6.62. The summed E-state index contributed by atoms with van der Waals surface area (Å²) < 4.78 is 0. The summed E-state index contributed by atoms with van der Waals surface area (Å²) in [5.74, 6) is -0.307. The minimum absolute atomic E-state index is 0.0274. The van der Waals surface area contributed by atoms with E-state index in [1.807, 2.05) is 25.7 Å². The van der Waals surface area contributed by atoms with E-state index in [1.165, 1.54) is 0 Å². The lowest BCUT2D eigenvalue weighted by Gasteiger charge is -2.29. The Morgan fingerprint density at radius 3 is 2.17 bits per heavy atom. The van der Waals surface area contributed by atoms with Crippen LogP contribution in [0.3, 0.4) is 0 Å². The fraction of sp³-hybridized carbons (Fsp3) is 0.857. The van der Waals surface area contributed by atoms with Crippen LogP contribution in [0.1, 0.15) is 53.9 Å². The topological polar surface area (TPSA) is 57.6 Å². The molecule has 0 aromatic carbocycles. The number of nitrogens with zero attached hydrogens (tertiary/aromatic N) is 1. The predicted octanol–water partition coefficient (Wildman–Crippen LogP) is 2.77. The zero-order chi connectivity index (χ0) is 14.3. The highest BCUT2D eigenvalue weighted by Crippen LogP contribution is 2.26. The molecule has 0 bridgehead atoms. The summed E-state index contributed by atoms with van der Waals surface area (Å²) >= 11 is 0. The van der Waals surface area contributed by atoms with Gasteiger partial charge in [-0.15, -0.1) is 0 Å². The highest BCUT2D eigenvalue weighted by Gasteiger charge is 2.27. The largest absolute Gasteiger partial charge is 0.481 e. The van der Waals surface area contributed by atoms with Gasteiger partial charge in [-0.3, -0.25) is 9.59 Å². The molecular weight excluding hydrogens is 230 g/mol. The Morgan fingerprint density at radius 2 is 1.78 bits per heavy atom. The smallest absolute Gasteiger partial charge is 0.303 e. The van der Waals surface area contributed by atoms with Crippen molar-refractivity contribution < 1.29 is 14.7 Å². The van der Waals surface area contributed by atoms with Crippen LogP contribution in [0.5, 0.6) is 0 Å². The molecule has 0 saturated heterocycles. The maximum atomic E-state index is 12.2. The van der Waals surface area contributed by atoms with Crippen LogP contribution >= 0.6 is 0 Å². The standard InChI is InChI=1S/C14H27NO3/c1-6-11(3)10-15(7-2)12(16)8-14(4,5)9-13(17)18/h11H,6-10H2,1-5H3,(H,17,18). The van der Waals surface area contributed by atoms with E-state index < -0.39 is 11.4 Å². The second kappa shape index (κ2) is 7.39. The third-order valence-electron chi connectivity index (χ3n) is 3.22. The second-order valence-corrected chi connectivity index (χ2v) is 5.86. The molecule has 1 N–H and O–H groups in total. The molecule has 4 heteroatoms. The molecular formula is C14H27NO3. The molecule has 1 amide bonds. The second-order valence-electron chi connectivity index (χ2n) is 5.86. The summed E-state index contributed by atoms with van der Waals surface area (Å²) in [5.41, 5.74) is -0.480. The van der Waals surface area contributed by atoms with E-state index in [4.69, 9.17) is 5.11 Å². The molecule has 0 rings (SSSR count). The molecule has 4 nitrogen and oxygen atoms in total. The zero-order valence-corrected chi connectivity index (χ0v) is 12.3. The van der Waals surface area contributed by atoms with Crippen LogP contribution in [0, 0.1) is 11.3 Å². The Hall–Kier alpha value is -1.06. The first kappa shape index (κ1) is 16.9. The molecule has 0 aliphatic heterocycles. The van der Waals surface area contributed by atoms with Crippen molar-refractivity contribution in [2.75, 3.05) is 13.1 Å². The molecule has 18 heavy (non-hydrogen) atoms. The van der Waals surface area contributed by atoms with Gasteiger partial charge in [0, 0.05) is 19.5 Å². The molecule has 0 heterocycles. The normalized spacial score (nSPS) is 13.2. The Morgan fingerprint density at radius 1 is 1.22 bits per heavy atom. The summed E-state index contributed by atoms with van der Waals surface area (Å²) in [6, 6.07) is 0. The number of hydrogen-bond donors (Lipinski definition) is 1. The number of carboxylic acid groups (broad SMARTS) is 1. The molecule has 1 atom stereocenters. The van der Waals surface area contributed by atoms with Gasteiger partial charge >= 0.3 is 5.97 Å². The van der Waals surface area contributed by atoms with Crippen molar-refractivity contribution in [2.45, 2.75) is 53.9 Å². The summed E-state index contributed by atoms with van der Waals surface area (Å²) in [6.07, 6.45) is 1.37. The first-order valence-electron chi connectivity index (χ1n) is 6.71. The Kier molecular flexibility index (Phi) is 6.96. The number of aliphatic carboxylic acids is 1. The first-order valence-corrected chi connectivity index (χ1v) is 6.71. The summed E-state index contributed by atoms with van der Waals surface area (Å²) in [7, 11) is 0. The van der Waals surface area contributed by atoms with E-state index in [9.17, 15) is 9.59 Å². The third-order valence-corrected chi connectivity index (χ3v) is 3.22. The molecule has 1 unspecified atom stereocenters. The molecule has 106 valence electrons. The average molecular weight is 257 g/mol. The summed E-state index contributed by atoms with van der Waals surface area (Å²) in [4.78, 5) is 24.7. The fourth-order valence-corrected chi connectivity index (χ4v) is 1.91. The summed E-state index contributed by atoms with van der Waals surface area (Å²) in [6.45, 7) is 11.3. The quantitative estimate of drug-likeness (QED) is 0.727. The monoisotopic (exact) mass is 257 g/mol. The van der Waals surface area contributed by atoms with Gasteiger partial charge in [-0.2, -0.15) is 0 Å². The Bertz CT molecular complexity index is 287. The van der Waals surface area contributed by atoms with E-state index in [-0.39, 0.29) is 12.3 Å². The van der Waals surface area contributed by atoms with Crippen molar-refractivity contribution in [3.05, 3.63) is 0 Å². The van der Waals surface area contributed by atoms with Crippen molar-refractivity contribution in [1.29, 1.82) is 0 Å². The number of carbonyl (C=O) groups is 2. The molecule has 0 aliphatic carbocycles. The summed E-state index contributed by atoms with van der Waals surface area (Å²) in [5, 5.41) is 8.82. The van der Waals surface area contributed by atoms with Gasteiger partial charge < -0.3 is 10.0 Å². The van der Waals surface area contributed by atoms with Gasteiger partial charge in [0.25, 0.3) is 0 Å². The van der Waals surface area contributed by atoms with E-state index in [2.05, 4.69) is 13.8 Å². The molecule has 0 radical (unpaired) electrons. The zero-order valence-electron chi connectivity index (χ0n) is 12.3. The first-order chi connectivity index (χ1) is 8.21. The number of amides is 1. The maximum Gasteiger partial charge on any atom is 0.303 e. The van der Waals surface area contributed by atoms with Crippen LogP contribution in [0.25, 0.3) is 0 Å². The lowest BCUT2D eigenvalue weighted by atomic mass is 9.85. The van der Waals surface area contributed by atoms with E-state index >= 15 is 0 Å². The SMILES string of the molecule is CCC(C)CN(CC)C(=O)CC(C)(C)CC(=O)O. The van der Waals surface area contributed by atoms with Crippen LogP contribution in [-0.2, 0) is 9.59 Å². The van der Waals surface area contributed by atoms with E-state index in [0.29, 0.717) is 18.9 Å². The molecule has 0 spiro atoms. The minimum Gasteiger partial charge on any atom is -0.481 e. The number of carbonyl (C=O) groups excluding carboxylic acids is 1. The van der Waals surface area contributed by atoms with Gasteiger partial charge in [0.2, 0.25) is 5.91 Å². The van der Waals surface area contributed by atoms with Gasteiger partial charge in [-0.25, -0.2) is 0 Å². The van der Waals surface area contributed by atoms with Gasteiger partial charge in [-0.05, 0) is 18.3 Å². The van der Waals surface area contributed by atoms with Crippen molar-refractivity contribution in [1.82, 2.24) is 4.90 Å². The highest BCUT2D eigenvalue weighted by molar-refractivity contribution is 5.78. The minimum atomic E-state index is -0.849. The maximum absolute atomic E-state index is 12.2. The van der Waals surface area contributed by atoms with Crippen LogP contribution in [-0.4, -0.2) is 35.0 Å². The van der Waals surface area contributed by atoms with Gasteiger partial charge in [0.05, 0.1) is 6.42 Å². The van der Waals surface area contributed by atoms with Crippen molar-refractivity contribution in [3.63, 3.8) is 0 Å². The predicted molar refractivity (Wildman–Crippen MR) is 72.4 cm³/mol. The van der Waals surface area contributed by atoms with Crippen molar-refractivity contribution >= 4 is 11.9 Å². The van der Waals surface area contributed by atoms with E-state index in [1.54, 1.807) is 0 Å². The van der Waals surface area contributed by atoms with Crippen LogP contribution in [0.4, 0.5) is 0 Å². The molecule has 0 saturated carbocycles. The van der Waals surface area contributed by atoms with E-state index in [0.717, 1.165) is 13.0 Å². The molecule has 0 aromatic heterocycles. The number of hydrogen-bond acceptors (Lipinski definition) is 2. The highest BCUT2D eigenvalue weighted by atomic mass is 16.4. The lowest BCUT2D eigenvalue weighted by Crippen LogP contribution is -2.37. The number of carboxylic acids is 1. The number of rotatable bonds is 8. The molecule has 0 fully saturated rings. The van der Waals surface area contributed by atoms with Gasteiger partial charge in [0.1, 0.15) is 0 Å². The Balaban J connectivity index is 4.47. The molecule has 0 aromatic rings. The van der Waals surface area contributed by atoms with Crippen LogP contribution < -0.4 is 0 Å². The fourth-order valence-electron chi connectivity index (χ4n) is 1.91. The van der Waals surface area contributed by atoms with Crippen molar-refractivity contribution in [2.24, 2.45) is 11.3 Å². The van der Waals surface area contributed by atoms with Crippen molar-refractivity contribution in [3.8, 4) is 0 Å². The van der Waals surface area contributed by atoms with Gasteiger partial charge in [0.15, 0.2) is 0 Å². The van der Waals surface area contributed by atoms with Crippen LogP contribution in [0.15, 0.2) is 0 Å². The van der Waals surface area contributed by atoms with Crippen LogP contribution in [0.2, 0.25) is 0 Å². The Labute approximate surface area is 110 Å². The van der Waals surface area contributed by atoms with Gasteiger partial charge in [-0.1, -0.05) is 34.1 Å². The average Bonchev–Trinajstić information content (AvgIpc) is 2.22.